The Kier molecular flexibility index (Phi) is 3.95. The molecule has 0 saturated heterocycles. The number of amides is 1. The molecule has 0 heterocycles. The zero-order valence-electron chi connectivity index (χ0n) is 9.30. The molecule has 1 aromatic carbocycles. The summed E-state index contributed by atoms with van der Waals surface area (Å²) in [5.41, 5.74) is -0.436. The molecule has 0 aliphatic rings. The first-order valence-electron chi connectivity index (χ1n) is 4.73. The lowest BCUT2D eigenvalue weighted by molar-refractivity contribution is -0.0762. The molecule has 16 heavy (non-hydrogen) atoms. The third-order valence-electron chi connectivity index (χ3n) is 2.22. The SMILES string of the molecule is CCc1[c]cc(F)c(C(=O)N(C)OC)c1F. The van der Waals surface area contributed by atoms with Crippen LogP contribution in [-0.2, 0) is 11.3 Å². The minimum Gasteiger partial charge on any atom is -0.274 e. The van der Waals surface area contributed by atoms with Crippen LogP contribution in [0.15, 0.2) is 6.07 Å². The maximum atomic E-state index is 13.7. The van der Waals surface area contributed by atoms with Crippen molar-refractivity contribution in [1.29, 1.82) is 0 Å². The van der Waals surface area contributed by atoms with Gasteiger partial charge in [-0.1, -0.05) is 6.92 Å². The summed E-state index contributed by atoms with van der Waals surface area (Å²) >= 11 is 0. The molecule has 0 aliphatic heterocycles. The lowest BCUT2D eigenvalue weighted by atomic mass is 10.1. The van der Waals surface area contributed by atoms with Crippen LogP contribution in [0.5, 0.6) is 0 Å². The van der Waals surface area contributed by atoms with E-state index in [0.717, 1.165) is 11.1 Å². The van der Waals surface area contributed by atoms with Crippen molar-refractivity contribution in [2.24, 2.45) is 0 Å². The predicted molar refractivity (Wildman–Crippen MR) is 53.7 cm³/mol. The van der Waals surface area contributed by atoms with Crippen LogP contribution in [0.4, 0.5) is 8.78 Å². The number of halogens is 2. The largest absolute Gasteiger partial charge is 0.283 e. The molecule has 0 unspecified atom stereocenters. The predicted octanol–water partition coefficient (Wildman–Crippen LogP) is 1.96. The molecule has 0 aliphatic carbocycles. The third kappa shape index (κ3) is 2.19. The van der Waals surface area contributed by atoms with Crippen molar-refractivity contribution in [3.05, 3.63) is 34.9 Å². The number of benzene rings is 1. The summed E-state index contributed by atoms with van der Waals surface area (Å²) < 4.78 is 27.0. The van der Waals surface area contributed by atoms with E-state index >= 15 is 0 Å². The second-order valence-corrected chi connectivity index (χ2v) is 3.14. The second kappa shape index (κ2) is 5.03. The molecule has 1 amide bonds. The summed E-state index contributed by atoms with van der Waals surface area (Å²) in [7, 11) is 2.52. The van der Waals surface area contributed by atoms with E-state index in [1.54, 1.807) is 6.92 Å². The highest BCUT2D eigenvalue weighted by Gasteiger charge is 2.23. The van der Waals surface area contributed by atoms with Gasteiger partial charge in [0.15, 0.2) is 0 Å². The van der Waals surface area contributed by atoms with Crippen LogP contribution in [0.1, 0.15) is 22.8 Å². The fraction of sp³-hybridized carbons (Fsp3) is 0.364. The van der Waals surface area contributed by atoms with E-state index in [2.05, 4.69) is 10.9 Å². The van der Waals surface area contributed by atoms with Crippen LogP contribution in [0.3, 0.4) is 0 Å². The second-order valence-electron chi connectivity index (χ2n) is 3.14. The average molecular weight is 228 g/mol. The number of hydrogen-bond acceptors (Lipinski definition) is 2. The smallest absolute Gasteiger partial charge is 0.274 e. The van der Waals surface area contributed by atoms with E-state index in [4.69, 9.17) is 0 Å². The summed E-state index contributed by atoms with van der Waals surface area (Å²) in [4.78, 5) is 16.2. The zero-order chi connectivity index (χ0) is 12.3. The van der Waals surface area contributed by atoms with Crippen molar-refractivity contribution in [2.75, 3.05) is 14.2 Å². The van der Waals surface area contributed by atoms with Gasteiger partial charge < -0.3 is 0 Å². The Morgan fingerprint density at radius 3 is 2.69 bits per heavy atom. The van der Waals surface area contributed by atoms with Gasteiger partial charge in [-0.25, -0.2) is 13.8 Å². The van der Waals surface area contributed by atoms with Gasteiger partial charge >= 0.3 is 0 Å². The normalized spacial score (nSPS) is 10.3. The number of hydrogen-bond donors (Lipinski definition) is 0. The lowest BCUT2D eigenvalue weighted by Crippen LogP contribution is -2.27. The van der Waals surface area contributed by atoms with Crippen molar-refractivity contribution < 1.29 is 18.4 Å². The van der Waals surface area contributed by atoms with Crippen LogP contribution in [0.25, 0.3) is 0 Å². The molecule has 3 nitrogen and oxygen atoms in total. The number of nitrogens with zero attached hydrogens (tertiary/aromatic N) is 1. The van der Waals surface area contributed by atoms with E-state index in [0.29, 0.717) is 6.42 Å². The molecule has 0 bridgehead atoms. The highest BCUT2D eigenvalue weighted by Crippen LogP contribution is 2.18. The molecule has 0 N–H and O–H groups in total. The zero-order valence-corrected chi connectivity index (χ0v) is 9.30. The van der Waals surface area contributed by atoms with Crippen LogP contribution in [0, 0.1) is 17.7 Å². The standard InChI is InChI=1S/C11H12F2NO2/c1-4-7-5-6-8(12)9(10(7)13)11(15)14(2)16-3/h6H,4H2,1-3H3. The Labute approximate surface area is 92.6 Å². The van der Waals surface area contributed by atoms with Gasteiger partial charge in [-0.05, 0) is 24.1 Å². The number of hydroxylamine groups is 2. The van der Waals surface area contributed by atoms with Gasteiger partial charge in [-0.2, -0.15) is 0 Å². The Hall–Kier alpha value is -1.49. The fourth-order valence-corrected chi connectivity index (χ4v) is 1.24. The van der Waals surface area contributed by atoms with Crippen LogP contribution >= 0.6 is 0 Å². The van der Waals surface area contributed by atoms with Gasteiger partial charge in [-0.3, -0.25) is 9.63 Å². The first-order chi connectivity index (χ1) is 7.52. The molecule has 0 atom stereocenters. The van der Waals surface area contributed by atoms with Gasteiger partial charge in [0.2, 0.25) is 0 Å². The Balaban J connectivity index is 3.26. The molecule has 0 aromatic heterocycles. The van der Waals surface area contributed by atoms with E-state index in [1.165, 1.54) is 14.2 Å². The molecule has 0 fully saturated rings. The van der Waals surface area contributed by atoms with Crippen molar-refractivity contribution in [3.8, 4) is 0 Å². The summed E-state index contributed by atoms with van der Waals surface area (Å²) in [6, 6.07) is 3.40. The molecule has 87 valence electrons. The van der Waals surface area contributed by atoms with Gasteiger partial charge in [0, 0.05) is 7.05 Å². The first-order valence-corrected chi connectivity index (χ1v) is 4.73. The van der Waals surface area contributed by atoms with Crippen molar-refractivity contribution in [1.82, 2.24) is 5.06 Å². The van der Waals surface area contributed by atoms with E-state index in [-0.39, 0.29) is 5.56 Å². The molecule has 1 radical (unpaired) electrons. The van der Waals surface area contributed by atoms with E-state index in [1.807, 2.05) is 0 Å². The Morgan fingerprint density at radius 1 is 1.56 bits per heavy atom. The molecule has 5 heteroatoms. The van der Waals surface area contributed by atoms with Crippen molar-refractivity contribution in [3.63, 3.8) is 0 Å². The first kappa shape index (κ1) is 12.6. The highest BCUT2D eigenvalue weighted by atomic mass is 19.1. The quantitative estimate of drug-likeness (QED) is 0.740. The minimum atomic E-state index is -0.941. The number of aryl methyl sites for hydroxylation is 1. The summed E-state index contributed by atoms with van der Waals surface area (Å²) in [5.74, 6) is -2.68. The number of carbonyl (C=O) groups is 1. The molecular weight excluding hydrogens is 216 g/mol. The van der Waals surface area contributed by atoms with Crippen LogP contribution < -0.4 is 0 Å². The third-order valence-corrected chi connectivity index (χ3v) is 2.22. The molecule has 0 spiro atoms. The molecular formula is C11H12F2NO2. The van der Waals surface area contributed by atoms with Gasteiger partial charge in [0.1, 0.15) is 17.2 Å². The van der Waals surface area contributed by atoms with Gasteiger partial charge in [0.25, 0.3) is 5.91 Å². The van der Waals surface area contributed by atoms with Crippen LogP contribution in [0.2, 0.25) is 0 Å². The fourth-order valence-electron chi connectivity index (χ4n) is 1.24. The Morgan fingerprint density at radius 2 is 2.19 bits per heavy atom. The highest BCUT2D eigenvalue weighted by molar-refractivity contribution is 5.94. The molecule has 1 aromatic rings. The monoisotopic (exact) mass is 228 g/mol. The van der Waals surface area contributed by atoms with E-state index < -0.39 is 23.1 Å². The van der Waals surface area contributed by atoms with Crippen LogP contribution in [-0.4, -0.2) is 25.1 Å². The lowest BCUT2D eigenvalue weighted by Gasteiger charge is -2.15. The number of rotatable bonds is 3. The van der Waals surface area contributed by atoms with Gasteiger partial charge in [-0.15, -0.1) is 0 Å². The molecule has 0 saturated carbocycles. The Bertz CT molecular complexity index is 407. The maximum Gasteiger partial charge on any atom is 0.283 e. The number of carbonyl (C=O) groups excluding carboxylic acids is 1. The van der Waals surface area contributed by atoms with Crippen molar-refractivity contribution >= 4 is 5.91 Å². The maximum absolute atomic E-state index is 13.7. The average Bonchev–Trinajstić information content (AvgIpc) is 2.28. The summed E-state index contributed by atoms with van der Waals surface area (Å²) in [6.07, 6.45) is 0.336. The van der Waals surface area contributed by atoms with Crippen molar-refractivity contribution in [2.45, 2.75) is 13.3 Å². The molecule has 1 rings (SSSR count). The van der Waals surface area contributed by atoms with Gasteiger partial charge in [0.05, 0.1) is 7.11 Å². The van der Waals surface area contributed by atoms with E-state index in [9.17, 15) is 13.6 Å². The summed E-state index contributed by atoms with van der Waals surface area (Å²) in [5, 5.41) is 0.765. The minimum absolute atomic E-state index is 0.175. The topological polar surface area (TPSA) is 29.5 Å². The summed E-state index contributed by atoms with van der Waals surface area (Å²) in [6.45, 7) is 1.70.